The van der Waals surface area contributed by atoms with Crippen molar-refractivity contribution in [1.82, 2.24) is 10.2 Å². The minimum Gasteiger partial charge on any atom is -0.393 e. The van der Waals surface area contributed by atoms with Gasteiger partial charge in [0.2, 0.25) is 5.91 Å². The number of aliphatic hydroxyl groups excluding tert-OH is 1. The zero-order chi connectivity index (χ0) is 17.7. The van der Waals surface area contributed by atoms with E-state index in [2.05, 4.69) is 5.32 Å². The van der Waals surface area contributed by atoms with Crippen molar-refractivity contribution in [1.29, 1.82) is 0 Å². The quantitative estimate of drug-likeness (QED) is 0.805. The molecule has 1 amide bonds. The third-order valence-electron chi connectivity index (χ3n) is 4.79. The van der Waals surface area contributed by atoms with Crippen molar-refractivity contribution in [2.45, 2.75) is 45.3 Å². The Balaban J connectivity index is 1.89. The monoisotopic (exact) mass is 336 g/mol. The van der Waals surface area contributed by atoms with Crippen LogP contribution in [0.1, 0.15) is 44.7 Å². The highest BCUT2D eigenvalue weighted by atomic mass is 19.1. The normalized spacial score (nSPS) is 22.1. The second kappa shape index (κ2) is 8.58. The van der Waals surface area contributed by atoms with E-state index >= 15 is 0 Å². The van der Waals surface area contributed by atoms with E-state index in [0.717, 1.165) is 31.4 Å². The lowest BCUT2D eigenvalue weighted by molar-refractivity contribution is -0.123. The number of rotatable bonds is 7. The summed E-state index contributed by atoms with van der Waals surface area (Å²) >= 11 is 0. The Kier molecular flexibility index (Phi) is 6.75. The Hall–Kier alpha value is -1.46. The number of nitrogens with one attached hydrogen (secondary N) is 1. The molecular formula is C19H29FN2O2. The highest BCUT2D eigenvalue weighted by Gasteiger charge is 2.27. The number of nitrogens with zero attached hydrogens (tertiary/aromatic N) is 1. The van der Waals surface area contributed by atoms with Crippen LogP contribution in [0.2, 0.25) is 0 Å². The van der Waals surface area contributed by atoms with E-state index in [1.54, 1.807) is 12.1 Å². The first-order chi connectivity index (χ1) is 11.4. The smallest absolute Gasteiger partial charge is 0.234 e. The van der Waals surface area contributed by atoms with E-state index in [-0.39, 0.29) is 35.7 Å². The molecule has 1 aromatic carbocycles. The zero-order valence-corrected chi connectivity index (χ0v) is 14.8. The third kappa shape index (κ3) is 5.28. The number of halogens is 1. The van der Waals surface area contributed by atoms with Gasteiger partial charge < -0.3 is 10.4 Å². The van der Waals surface area contributed by atoms with Gasteiger partial charge in [-0.2, -0.15) is 0 Å². The van der Waals surface area contributed by atoms with Gasteiger partial charge in [-0.3, -0.25) is 9.69 Å². The molecule has 0 aromatic heterocycles. The maximum absolute atomic E-state index is 13.1. The van der Waals surface area contributed by atoms with E-state index in [4.69, 9.17) is 0 Å². The predicted molar refractivity (Wildman–Crippen MR) is 93.0 cm³/mol. The fraction of sp³-hybridized carbons (Fsp3) is 0.632. The van der Waals surface area contributed by atoms with Crippen LogP contribution < -0.4 is 5.32 Å². The average molecular weight is 336 g/mol. The fourth-order valence-corrected chi connectivity index (χ4v) is 3.46. The molecule has 1 fully saturated rings. The first kappa shape index (κ1) is 18.9. The van der Waals surface area contributed by atoms with Gasteiger partial charge in [-0.25, -0.2) is 4.39 Å². The average Bonchev–Trinajstić information content (AvgIpc) is 2.90. The second-order valence-corrected chi connectivity index (χ2v) is 7.30. The van der Waals surface area contributed by atoms with Crippen molar-refractivity contribution in [3.05, 3.63) is 35.6 Å². The number of amides is 1. The van der Waals surface area contributed by atoms with Gasteiger partial charge in [-0.05, 0) is 49.4 Å². The molecule has 0 aliphatic heterocycles. The molecule has 1 aliphatic rings. The molecule has 3 atom stereocenters. The molecule has 1 aliphatic carbocycles. The summed E-state index contributed by atoms with van der Waals surface area (Å²) in [5.74, 6) is 0.151. The number of hydrogen-bond acceptors (Lipinski definition) is 3. The molecule has 0 heterocycles. The summed E-state index contributed by atoms with van der Waals surface area (Å²) in [6, 6.07) is 6.15. The summed E-state index contributed by atoms with van der Waals surface area (Å²) < 4.78 is 13.1. The van der Waals surface area contributed by atoms with Gasteiger partial charge in [0, 0.05) is 6.54 Å². The number of aliphatic hydroxyl groups is 1. The lowest BCUT2D eigenvalue weighted by Gasteiger charge is -2.26. The summed E-state index contributed by atoms with van der Waals surface area (Å²) in [5, 5.41) is 13.0. The van der Waals surface area contributed by atoms with E-state index in [0.29, 0.717) is 6.54 Å². The molecule has 0 spiro atoms. The Morgan fingerprint density at radius 3 is 2.54 bits per heavy atom. The number of carbonyl (C=O) groups excluding carboxylic acids is 1. The van der Waals surface area contributed by atoms with Gasteiger partial charge in [0.15, 0.2) is 0 Å². The van der Waals surface area contributed by atoms with Crippen LogP contribution in [0.4, 0.5) is 4.39 Å². The number of benzene rings is 1. The number of likely N-dealkylation sites (N-methyl/N-ethyl adjacent to an activating group) is 1. The molecule has 24 heavy (non-hydrogen) atoms. The molecule has 1 aromatic rings. The van der Waals surface area contributed by atoms with Crippen LogP contribution in [0, 0.1) is 17.7 Å². The summed E-state index contributed by atoms with van der Waals surface area (Å²) in [7, 11) is 1.91. The summed E-state index contributed by atoms with van der Waals surface area (Å²) in [4.78, 5) is 14.3. The van der Waals surface area contributed by atoms with Crippen LogP contribution in [0.25, 0.3) is 0 Å². The standard InChI is InChI=1S/C19H29FN2O2/c1-13(2)19(14-7-9-16(20)10-8-14)21-18(24)12-22(3)11-15-5-4-6-17(15)23/h7-10,13,15,17,19,23H,4-6,11-12H2,1-3H3,(H,21,24). The largest absolute Gasteiger partial charge is 0.393 e. The molecule has 1 saturated carbocycles. The molecule has 134 valence electrons. The van der Waals surface area contributed by atoms with Crippen molar-refractivity contribution in [2.75, 3.05) is 20.1 Å². The van der Waals surface area contributed by atoms with E-state index in [9.17, 15) is 14.3 Å². The zero-order valence-electron chi connectivity index (χ0n) is 14.8. The molecule has 5 heteroatoms. The summed E-state index contributed by atoms with van der Waals surface area (Å²) in [6.07, 6.45) is 2.71. The van der Waals surface area contributed by atoms with Gasteiger partial charge in [0.1, 0.15) is 5.82 Å². The Morgan fingerprint density at radius 2 is 2.00 bits per heavy atom. The van der Waals surface area contributed by atoms with Crippen molar-refractivity contribution in [3.63, 3.8) is 0 Å². The van der Waals surface area contributed by atoms with Gasteiger partial charge in [0.05, 0.1) is 18.7 Å². The molecule has 4 nitrogen and oxygen atoms in total. The Bertz CT molecular complexity index is 533. The van der Waals surface area contributed by atoms with E-state index < -0.39 is 0 Å². The van der Waals surface area contributed by atoms with Crippen molar-refractivity contribution in [2.24, 2.45) is 11.8 Å². The Labute approximate surface area is 144 Å². The molecule has 2 rings (SSSR count). The highest BCUT2D eigenvalue weighted by molar-refractivity contribution is 5.78. The van der Waals surface area contributed by atoms with Crippen LogP contribution >= 0.6 is 0 Å². The maximum Gasteiger partial charge on any atom is 0.234 e. The molecule has 3 unspecified atom stereocenters. The predicted octanol–water partition coefficient (Wildman–Crippen LogP) is 2.73. The minimum atomic E-state index is -0.276. The topological polar surface area (TPSA) is 52.6 Å². The molecule has 0 radical (unpaired) electrons. The van der Waals surface area contributed by atoms with Gasteiger partial charge in [-0.15, -0.1) is 0 Å². The first-order valence-corrected chi connectivity index (χ1v) is 8.78. The van der Waals surface area contributed by atoms with Crippen LogP contribution in [-0.4, -0.2) is 42.2 Å². The van der Waals surface area contributed by atoms with Crippen LogP contribution in [0.5, 0.6) is 0 Å². The summed E-state index contributed by atoms with van der Waals surface area (Å²) in [5.41, 5.74) is 0.911. The van der Waals surface area contributed by atoms with E-state index in [1.807, 2.05) is 25.8 Å². The minimum absolute atomic E-state index is 0.0481. The molecule has 0 saturated heterocycles. The van der Waals surface area contributed by atoms with Crippen molar-refractivity contribution >= 4 is 5.91 Å². The van der Waals surface area contributed by atoms with Gasteiger partial charge >= 0.3 is 0 Å². The third-order valence-corrected chi connectivity index (χ3v) is 4.79. The van der Waals surface area contributed by atoms with Gasteiger partial charge in [0.25, 0.3) is 0 Å². The maximum atomic E-state index is 13.1. The number of carbonyl (C=O) groups is 1. The SMILES string of the molecule is CC(C)C(NC(=O)CN(C)CC1CCCC1O)c1ccc(F)cc1. The first-order valence-electron chi connectivity index (χ1n) is 8.78. The number of hydrogen-bond donors (Lipinski definition) is 2. The molecular weight excluding hydrogens is 307 g/mol. The van der Waals surface area contributed by atoms with Crippen LogP contribution in [0.3, 0.4) is 0 Å². The second-order valence-electron chi connectivity index (χ2n) is 7.30. The van der Waals surface area contributed by atoms with Crippen LogP contribution in [0.15, 0.2) is 24.3 Å². The van der Waals surface area contributed by atoms with Gasteiger partial charge in [-0.1, -0.05) is 32.4 Å². The lowest BCUT2D eigenvalue weighted by atomic mass is 9.96. The lowest BCUT2D eigenvalue weighted by Crippen LogP contribution is -2.41. The van der Waals surface area contributed by atoms with E-state index in [1.165, 1.54) is 12.1 Å². The van der Waals surface area contributed by atoms with Crippen LogP contribution in [-0.2, 0) is 4.79 Å². The fourth-order valence-electron chi connectivity index (χ4n) is 3.46. The van der Waals surface area contributed by atoms with Crippen molar-refractivity contribution in [3.8, 4) is 0 Å². The summed E-state index contributed by atoms with van der Waals surface area (Å²) in [6.45, 7) is 5.10. The Morgan fingerprint density at radius 1 is 1.33 bits per heavy atom. The molecule has 2 N–H and O–H groups in total. The van der Waals surface area contributed by atoms with Crippen molar-refractivity contribution < 1.29 is 14.3 Å². The molecule has 0 bridgehead atoms. The highest BCUT2D eigenvalue weighted by Crippen LogP contribution is 2.26.